The summed E-state index contributed by atoms with van der Waals surface area (Å²) in [4.78, 5) is 0. The molecule has 0 saturated carbocycles. The van der Waals surface area contributed by atoms with Gasteiger partial charge in [0.2, 0.25) is 0 Å². The summed E-state index contributed by atoms with van der Waals surface area (Å²) in [6.45, 7) is 7.77. The number of rotatable bonds is 10. The highest BCUT2D eigenvalue weighted by Crippen LogP contribution is 2.11. The number of unbranched alkanes of at least 4 members (excludes halogenated alkanes) is 1. The van der Waals surface area contributed by atoms with E-state index in [-0.39, 0.29) is 0 Å². The number of ether oxygens (including phenoxy) is 1. The molecule has 0 aliphatic rings. The molecule has 14 heavy (non-hydrogen) atoms. The lowest BCUT2D eigenvalue weighted by Gasteiger charge is -2.15. The molecule has 0 spiro atoms. The van der Waals surface area contributed by atoms with E-state index < -0.39 is 0 Å². The van der Waals surface area contributed by atoms with Gasteiger partial charge in [0, 0.05) is 13.7 Å². The van der Waals surface area contributed by atoms with Crippen molar-refractivity contribution in [1.82, 2.24) is 5.32 Å². The number of hydrogen-bond acceptors (Lipinski definition) is 2. The van der Waals surface area contributed by atoms with Crippen LogP contribution in [0.4, 0.5) is 0 Å². The highest BCUT2D eigenvalue weighted by Gasteiger charge is 2.04. The van der Waals surface area contributed by atoms with E-state index in [1.807, 2.05) is 0 Å². The van der Waals surface area contributed by atoms with Gasteiger partial charge in [0.05, 0.1) is 0 Å². The van der Waals surface area contributed by atoms with Gasteiger partial charge in [-0.3, -0.25) is 0 Å². The molecule has 0 amide bonds. The monoisotopic (exact) mass is 201 g/mol. The minimum atomic E-state index is 0.860. The lowest BCUT2D eigenvalue weighted by Crippen LogP contribution is -2.23. The van der Waals surface area contributed by atoms with E-state index in [1.54, 1.807) is 7.11 Å². The molecular formula is C12H27NO. The first kappa shape index (κ1) is 13.9. The molecule has 0 aromatic rings. The van der Waals surface area contributed by atoms with Crippen LogP contribution in [-0.2, 0) is 4.74 Å². The molecule has 0 aliphatic heterocycles. The number of nitrogens with one attached hydrogen (secondary N) is 1. The Balaban J connectivity index is 3.28. The van der Waals surface area contributed by atoms with Crippen LogP contribution in [0.15, 0.2) is 0 Å². The minimum absolute atomic E-state index is 0.860. The Labute approximate surface area is 89.4 Å². The highest BCUT2D eigenvalue weighted by atomic mass is 16.5. The van der Waals surface area contributed by atoms with Crippen molar-refractivity contribution in [3.05, 3.63) is 0 Å². The standard InChI is InChI=1S/C12H27NO/c1-4-9-13-11-12(5-2)8-6-7-10-14-3/h12-13H,4-11H2,1-3H3. The molecule has 2 heteroatoms. The van der Waals surface area contributed by atoms with Crippen LogP contribution < -0.4 is 5.32 Å². The summed E-state index contributed by atoms with van der Waals surface area (Å²) in [5.41, 5.74) is 0. The van der Waals surface area contributed by atoms with Crippen molar-refractivity contribution in [2.24, 2.45) is 5.92 Å². The molecule has 0 saturated heterocycles. The Kier molecular flexibility index (Phi) is 10.9. The summed E-state index contributed by atoms with van der Waals surface area (Å²) in [6.07, 6.45) is 6.39. The van der Waals surface area contributed by atoms with Gasteiger partial charge in [-0.1, -0.05) is 26.7 Å². The third kappa shape index (κ3) is 8.52. The Hall–Kier alpha value is -0.0800. The van der Waals surface area contributed by atoms with Gasteiger partial charge in [0.25, 0.3) is 0 Å². The van der Waals surface area contributed by atoms with Crippen molar-refractivity contribution in [3.8, 4) is 0 Å². The van der Waals surface area contributed by atoms with Crippen molar-refractivity contribution in [1.29, 1.82) is 0 Å². The molecule has 1 unspecified atom stereocenters. The molecule has 0 aliphatic carbocycles. The van der Waals surface area contributed by atoms with Crippen molar-refractivity contribution in [2.45, 2.75) is 46.0 Å². The zero-order valence-electron chi connectivity index (χ0n) is 10.1. The Morgan fingerprint density at radius 2 is 2.00 bits per heavy atom. The van der Waals surface area contributed by atoms with E-state index in [0.29, 0.717) is 0 Å². The summed E-state index contributed by atoms with van der Waals surface area (Å²) in [6, 6.07) is 0. The van der Waals surface area contributed by atoms with Crippen molar-refractivity contribution >= 4 is 0 Å². The van der Waals surface area contributed by atoms with Crippen molar-refractivity contribution < 1.29 is 4.74 Å². The lowest BCUT2D eigenvalue weighted by atomic mass is 9.99. The van der Waals surface area contributed by atoms with Crippen LogP contribution in [0.25, 0.3) is 0 Å². The fraction of sp³-hybridized carbons (Fsp3) is 1.00. The maximum absolute atomic E-state index is 5.04. The van der Waals surface area contributed by atoms with E-state index in [9.17, 15) is 0 Å². The van der Waals surface area contributed by atoms with E-state index in [2.05, 4.69) is 19.2 Å². The molecule has 86 valence electrons. The number of methoxy groups -OCH3 is 1. The predicted octanol–water partition coefficient (Wildman–Crippen LogP) is 2.83. The molecule has 0 heterocycles. The Bertz CT molecular complexity index is 106. The summed E-state index contributed by atoms with van der Waals surface area (Å²) >= 11 is 0. The zero-order valence-corrected chi connectivity index (χ0v) is 10.1. The SMILES string of the molecule is CCCNCC(CC)CCCCOC. The first-order chi connectivity index (χ1) is 6.85. The fourth-order valence-corrected chi connectivity index (χ4v) is 1.61. The minimum Gasteiger partial charge on any atom is -0.385 e. The van der Waals surface area contributed by atoms with Gasteiger partial charge in [-0.05, 0) is 38.3 Å². The van der Waals surface area contributed by atoms with Gasteiger partial charge in [0.15, 0.2) is 0 Å². The van der Waals surface area contributed by atoms with Crippen LogP contribution in [0.2, 0.25) is 0 Å². The smallest absolute Gasteiger partial charge is 0.0462 e. The lowest BCUT2D eigenvalue weighted by molar-refractivity contribution is 0.190. The molecule has 0 bridgehead atoms. The van der Waals surface area contributed by atoms with E-state index in [1.165, 1.54) is 38.6 Å². The number of hydrogen-bond donors (Lipinski definition) is 1. The average Bonchev–Trinajstić information content (AvgIpc) is 2.22. The summed E-state index contributed by atoms with van der Waals surface area (Å²) in [7, 11) is 1.78. The Morgan fingerprint density at radius 1 is 1.21 bits per heavy atom. The van der Waals surface area contributed by atoms with Gasteiger partial charge in [0.1, 0.15) is 0 Å². The maximum atomic E-state index is 5.04. The van der Waals surface area contributed by atoms with Crippen LogP contribution in [-0.4, -0.2) is 26.8 Å². The quantitative estimate of drug-likeness (QED) is 0.549. The van der Waals surface area contributed by atoms with Gasteiger partial charge < -0.3 is 10.1 Å². The van der Waals surface area contributed by atoms with Crippen molar-refractivity contribution in [3.63, 3.8) is 0 Å². The normalized spacial score (nSPS) is 13.1. The van der Waals surface area contributed by atoms with Gasteiger partial charge in [-0.15, -0.1) is 0 Å². The van der Waals surface area contributed by atoms with Crippen LogP contribution >= 0.6 is 0 Å². The largest absolute Gasteiger partial charge is 0.385 e. The van der Waals surface area contributed by atoms with Gasteiger partial charge >= 0.3 is 0 Å². The average molecular weight is 201 g/mol. The fourth-order valence-electron chi connectivity index (χ4n) is 1.61. The topological polar surface area (TPSA) is 21.3 Å². The van der Waals surface area contributed by atoms with Crippen LogP contribution in [0.5, 0.6) is 0 Å². The molecule has 0 radical (unpaired) electrons. The summed E-state index contributed by atoms with van der Waals surface area (Å²) < 4.78 is 5.04. The van der Waals surface area contributed by atoms with Crippen LogP contribution in [0.3, 0.4) is 0 Å². The third-order valence-corrected chi connectivity index (χ3v) is 2.65. The summed E-state index contributed by atoms with van der Waals surface area (Å²) in [5.74, 6) is 0.860. The molecule has 0 aromatic carbocycles. The molecule has 0 aromatic heterocycles. The van der Waals surface area contributed by atoms with Crippen molar-refractivity contribution in [2.75, 3.05) is 26.8 Å². The van der Waals surface area contributed by atoms with E-state index in [4.69, 9.17) is 4.74 Å². The first-order valence-electron chi connectivity index (χ1n) is 6.04. The van der Waals surface area contributed by atoms with Crippen LogP contribution in [0.1, 0.15) is 46.0 Å². The van der Waals surface area contributed by atoms with Crippen LogP contribution in [0, 0.1) is 5.92 Å². The molecule has 0 rings (SSSR count). The molecule has 1 atom stereocenters. The zero-order chi connectivity index (χ0) is 10.6. The summed E-state index contributed by atoms with van der Waals surface area (Å²) in [5, 5.41) is 3.50. The third-order valence-electron chi connectivity index (χ3n) is 2.65. The second-order valence-electron chi connectivity index (χ2n) is 3.97. The van der Waals surface area contributed by atoms with Gasteiger partial charge in [-0.25, -0.2) is 0 Å². The van der Waals surface area contributed by atoms with E-state index >= 15 is 0 Å². The Morgan fingerprint density at radius 3 is 2.57 bits per heavy atom. The first-order valence-corrected chi connectivity index (χ1v) is 6.04. The van der Waals surface area contributed by atoms with Gasteiger partial charge in [-0.2, -0.15) is 0 Å². The highest BCUT2D eigenvalue weighted by molar-refractivity contribution is 4.60. The van der Waals surface area contributed by atoms with E-state index in [0.717, 1.165) is 19.1 Å². The molecule has 1 N–H and O–H groups in total. The molecule has 2 nitrogen and oxygen atoms in total. The second kappa shape index (κ2) is 11.0. The molecule has 0 fully saturated rings. The second-order valence-corrected chi connectivity index (χ2v) is 3.97. The molecular weight excluding hydrogens is 174 g/mol. The maximum Gasteiger partial charge on any atom is 0.0462 e. The predicted molar refractivity (Wildman–Crippen MR) is 62.7 cm³/mol.